The maximum atomic E-state index is 4.06. The highest BCUT2D eigenvalue weighted by Gasteiger charge is 2.22. The van der Waals surface area contributed by atoms with Gasteiger partial charge in [-0.2, -0.15) is 0 Å². The minimum Gasteiger partial charge on any atom is -0.347 e. The molecular formula is C10H11N3S. The van der Waals surface area contributed by atoms with E-state index < -0.39 is 0 Å². The third-order valence-electron chi connectivity index (χ3n) is 2.62. The SMILES string of the molecule is c1ncc(C2NCCc3sccc32)[nH]1. The topological polar surface area (TPSA) is 40.7 Å². The average molecular weight is 205 g/mol. The largest absolute Gasteiger partial charge is 0.347 e. The molecule has 3 heterocycles. The predicted molar refractivity (Wildman–Crippen MR) is 56.5 cm³/mol. The van der Waals surface area contributed by atoms with Crippen molar-refractivity contribution >= 4 is 11.3 Å². The lowest BCUT2D eigenvalue weighted by molar-refractivity contribution is 0.565. The molecule has 14 heavy (non-hydrogen) atoms. The average Bonchev–Trinajstić information content (AvgIpc) is 2.88. The van der Waals surface area contributed by atoms with Crippen molar-refractivity contribution in [1.29, 1.82) is 0 Å². The molecule has 0 radical (unpaired) electrons. The molecule has 1 aliphatic rings. The molecule has 0 saturated carbocycles. The van der Waals surface area contributed by atoms with E-state index in [1.54, 1.807) is 6.33 Å². The van der Waals surface area contributed by atoms with Crippen LogP contribution in [0.3, 0.4) is 0 Å². The molecule has 0 spiro atoms. The summed E-state index contributed by atoms with van der Waals surface area (Å²) in [6, 6.07) is 2.52. The van der Waals surface area contributed by atoms with Crippen molar-refractivity contribution in [3.05, 3.63) is 40.1 Å². The third-order valence-corrected chi connectivity index (χ3v) is 3.62. The number of thiophene rings is 1. The van der Waals surface area contributed by atoms with Crippen LogP contribution in [0.25, 0.3) is 0 Å². The summed E-state index contributed by atoms with van der Waals surface area (Å²) < 4.78 is 0. The smallest absolute Gasteiger partial charge is 0.0922 e. The van der Waals surface area contributed by atoms with Gasteiger partial charge in [-0.1, -0.05) is 0 Å². The van der Waals surface area contributed by atoms with Crippen LogP contribution in [-0.4, -0.2) is 16.5 Å². The van der Waals surface area contributed by atoms with Crippen molar-refractivity contribution in [3.63, 3.8) is 0 Å². The van der Waals surface area contributed by atoms with Crippen LogP contribution >= 0.6 is 11.3 Å². The molecule has 2 N–H and O–H groups in total. The Hall–Kier alpha value is -1.13. The fraction of sp³-hybridized carbons (Fsp3) is 0.300. The lowest BCUT2D eigenvalue weighted by Crippen LogP contribution is -2.29. The van der Waals surface area contributed by atoms with Crippen molar-refractivity contribution in [2.24, 2.45) is 0 Å². The molecule has 0 aliphatic carbocycles. The predicted octanol–water partition coefficient (Wildman–Crippen LogP) is 1.71. The van der Waals surface area contributed by atoms with Gasteiger partial charge in [-0.3, -0.25) is 0 Å². The third kappa shape index (κ3) is 1.19. The van der Waals surface area contributed by atoms with E-state index in [1.165, 1.54) is 10.4 Å². The number of nitrogens with zero attached hydrogens (tertiary/aromatic N) is 1. The van der Waals surface area contributed by atoms with Gasteiger partial charge in [0.1, 0.15) is 0 Å². The van der Waals surface area contributed by atoms with Gasteiger partial charge in [0, 0.05) is 17.6 Å². The number of H-pyrrole nitrogens is 1. The Bertz CT molecular complexity index is 418. The summed E-state index contributed by atoms with van der Waals surface area (Å²) in [6.07, 6.45) is 4.78. The van der Waals surface area contributed by atoms with Crippen molar-refractivity contribution in [2.45, 2.75) is 12.5 Å². The Morgan fingerprint density at radius 1 is 1.50 bits per heavy atom. The first kappa shape index (κ1) is 8.20. The second-order valence-corrected chi connectivity index (χ2v) is 4.44. The van der Waals surface area contributed by atoms with E-state index in [9.17, 15) is 0 Å². The molecule has 4 heteroatoms. The van der Waals surface area contributed by atoms with E-state index in [2.05, 4.69) is 26.7 Å². The monoisotopic (exact) mass is 205 g/mol. The molecule has 0 bridgehead atoms. The van der Waals surface area contributed by atoms with Crippen molar-refractivity contribution in [1.82, 2.24) is 15.3 Å². The van der Waals surface area contributed by atoms with Crippen LogP contribution in [0.4, 0.5) is 0 Å². The molecule has 1 unspecified atom stereocenters. The Kier molecular flexibility index (Phi) is 1.89. The fourth-order valence-corrected chi connectivity index (χ4v) is 2.87. The summed E-state index contributed by atoms with van der Waals surface area (Å²) in [5, 5.41) is 5.67. The maximum Gasteiger partial charge on any atom is 0.0922 e. The van der Waals surface area contributed by atoms with Gasteiger partial charge in [-0.25, -0.2) is 4.98 Å². The summed E-state index contributed by atoms with van der Waals surface area (Å²) in [5.41, 5.74) is 2.56. The summed E-state index contributed by atoms with van der Waals surface area (Å²) >= 11 is 1.85. The molecule has 1 atom stereocenters. The first-order valence-corrected chi connectivity index (χ1v) is 5.61. The van der Waals surface area contributed by atoms with Gasteiger partial charge in [0.05, 0.1) is 18.1 Å². The second-order valence-electron chi connectivity index (χ2n) is 3.44. The molecular weight excluding hydrogens is 194 g/mol. The summed E-state index contributed by atoms with van der Waals surface area (Å²) in [5.74, 6) is 0. The number of imidazole rings is 1. The van der Waals surface area contributed by atoms with Crippen LogP contribution in [0, 0.1) is 0 Å². The number of nitrogens with one attached hydrogen (secondary N) is 2. The van der Waals surface area contributed by atoms with Crippen molar-refractivity contribution < 1.29 is 0 Å². The van der Waals surface area contributed by atoms with Gasteiger partial charge < -0.3 is 10.3 Å². The molecule has 2 aromatic heterocycles. The standard InChI is InChI=1S/C10H11N3S/c1-3-12-10(8-5-11-6-13-8)7-2-4-14-9(1)7/h2,4-6,10,12H,1,3H2,(H,11,13). The van der Waals surface area contributed by atoms with E-state index in [0.717, 1.165) is 18.7 Å². The van der Waals surface area contributed by atoms with Crippen LogP contribution in [0.2, 0.25) is 0 Å². The fourth-order valence-electron chi connectivity index (χ4n) is 1.95. The summed E-state index contributed by atoms with van der Waals surface area (Å²) in [7, 11) is 0. The summed E-state index contributed by atoms with van der Waals surface area (Å²) in [6.45, 7) is 1.05. The molecule has 0 amide bonds. The van der Waals surface area contributed by atoms with Crippen LogP contribution in [0.5, 0.6) is 0 Å². The molecule has 3 rings (SSSR count). The van der Waals surface area contributed by atoms with Crippen LogP contribution in [0.15, 0.2) is 24.0 Å². The highest BCUT2D eigenvalue weighted by atomic mass is 32.1. The zero-order chi connectivity index (χ0) is 9.38. The quantitative estimate of drug-likeness (QED) is 0.744. The van der Waals surface area contributed by atoms with Gasteiger partial charge in [0.15, 0.2) is 0 Å². The van der Waals surface area contributed by atoms with Crippen molar-refractivity contribution in [2.75, 3.05) is 6.54 Å². The van der Waals surface area contributed by atoms with Gasteiger partial charge >= 0.3 is 0 Å². The second kappa shape index (κ2) is 3.22. The Balaban J connectivity index is 2.04. The molecule has 2 aromatic rings. The minimum atomic E-state index is 0.312. The first-order valence-electron chi connectivity index (χ1n) is 4.73. The maximum absolute atomic E-state index is 4.06. The van der Waals surface area contributed by atoms with Gasteiger partial charge in [0.2, 0.25) is 0 Å². The molecule has 0 fully saturated rings. The van der Waals surface area contributed by atoms with Crippen LogP contribution in [-0.2, 0) is 6.42 Å². The number of aromatic amines is 1. The molecule has 1 aliphatic heterocycles. The van der Waals surface area contributed by atoms with Crippen molar-refractivity contribution in [3.8, 4) is 0 Å². The number of fused-ring (bicyclic) bond motifs is 1. The highest BCUT2D eigenvalue weighted by Crippen LogP contribution is 2.30. The Labute approximate surface area is 86.2 Å². The molecule has 3 nitrogen and oxygen atoms in total. The number of hydrogen-bond donors (Lipinski definition) is 2. The van der Waals surface area contributed by atoms with Crippen LogP contribution in [0.1, 0.15) is 22.2 Å². The van der Waals surface area contributed by atoms with E-state index in [0.29, 0.717) is 6.04 Å². The zero-order valence-electron chi connectivity index (χ0n) is 7.66. The van der Waals surface area contributed by atoms with Crippen LogP contribution < -0.4 is 5.32 Å². The highest BCUT2D eigenvalue weighted by molar-refractivity contribution is 7.10. The summed E-state index contributed by atoms with van der Waals surface area (Å²) in [4.78, 5) is 8.73. The van der Waals surface area contributed by atoms with E-state index >= 15 is 0 Å². The molecule has 72 valence electrons. The van der Waals surface area contributed by atoms with E-state index in [4.69, 9.17) is 0 Å². The molecule has 0 saturated heterocycles. The lowest BCUT2D eigenvalue weighted by atomic mass is 10.0. The zero-order valence-corrected chi connectivity index (χ0v) is 8.47. The number of hydrogen-bond acceptors (Lipinski definition) is 3. The van der Waals surface area contributed by atoms with Gasteiger partial charge in [-0.15, -0.1) is 11.3 Å². The minimum absolute atomic E-state index is 0.312. The Morgan fingerprint density at radius 3 is 3.36 bits per heavy atom. The van der Waals surface area contributed by atoms with E-state index in [-0.39, 0.29) is 0 Å². The first-order chi connectivity index (χ1) is 6.95. The number of rotatable bonds is 1. The van der Waals surface area contributed by atoms with E-state index in [1.807, 2.05) is 17.5 Å². The molecule has 0 aromatic carbocycles. The number of aromatic nitrogens is 2. The lowest BCUT2D eigenvalue weighted by Gasteiger charge is -2.22. The normalized spacial score (nSPS) is 20.7. The van der Waals surface area contributed by atoms with Gasteiger partial charge in [-0.05, 0) is 23.4 Å². The van der Waals surface area contributed by atoms with Gasteiger partial charge in [0.25, 0.3) is 0 Å². The Morgan fingerprint density at radius 2 is 2.50 bits per heavy atom.